The average Bonchev–Trinajstić information content (AvgIpc) is 3.22. The number of hydrogen-bond acceptors (Lipinski definition) is 4. The molecule has 0 unspecified atom stereocenters. The third-order valence-corrected chi connectivity index (χ3v) is 7.18. The van der Waals surface area contributed by atoms with E-state index in [-0.39, 0.29) is 24.2 Å². The minimum atomic E-state index is -0.401. The summed E-state index contributed by atoms with van der Waals surface area (Å²) in [4.78, 5) is 17.4. The van der Waals surface area contributed by atoms with Crippen molar-refractivity contribution < 1.29 is 13.9 Å². The molecule has 0 saturated heterocycles. The zero-order valence-electron chi connectivity index (χ0n) is 21.1. The van der Waals surface area contributed by atoms with Crippen LogP contribution in [0.1, 0.15) is 57.1 Å². The summed E-state index contributed by atoms with van der Waals surface area (Å²) in [6.45, 7) is 6.69. The molecule has 5 nitrogen and oxygen atoms in total. The van der Waals surface area contributed by atoms with Gasteiger partial charge in [0.05, 0.1) is 25.4 Å². The molecule has 1 heterocycles. The van der Waals surface area contributed by atoms with Gasteiger partial charge in [-0.3, -0.25) is 4.79 Å². The number of imidazole rings is 1. The van der Waals surface area contributed by atoms with Gasteiger partial charge in [-0.05, 0) is 17.9 Å². The monoisotopic (exact) mass is 497 g/mol. The van der Waals surface area contributed by atoms with Crippen LogP contribution in [0.5, 0.6) is 5.88 Å². The van der Waals surface area contributed by atoms with Crippen LogP contribution in [0, 0.1) is 11.7 Å². The number of methoxy groups -OCH3 is 1. The van der Waals surface area contributed by atoms with Gasteiger partial charge in [-0.25, -0.2) is 4.39 Å². The molecule has 0 fully saturated rings. The Bertz CT molecular complexity index is 1120. The maximum Gasteiger partial charge on any atom is 0.236 e. The SMILES string of the molecule is CCCCc1nc(OC)c(CNC(=O)[C@@H](S)[C@@H](C)CC)n1Cc1cccc(-c2ccccc2)c1F. The summed E-state index contributed by atoms with van der Waals surface area (Å²) >= 11 is 4.50. The molecule has 7 heteroatoms. The van der Waals surface area contributed by atoms with Crippen LogP contribution < -0.4 is 10.1 Å². The number of aryl methyl sites for hydroxylation is 1. The minimum absolute atomic E-state index is 0.134. The Kier molecular flexibility index (Phi) is 9.78. The number of hydrogen-bond donors (Lipinski definition) is 2. The summed E-state index contributed by atoms with van der Waals surface area (Å²) in [6.07, 6.45) is 3.56. The van der Waals surface area contributed by atoms with E-state index in [9.17, 15) is 4.79 Å². The first-order valence-electron chi connectivity index (χ1n) is 12.3. The molecule has 2 atom stereocenters. The Morgan fingerprint density at radius 1 is 1.17 bits per heavy atom. The van der Waals surface area contributed by atoms with Crippen molar-refractivity contribution in [2.75, 3.05) is 7.11 Å². The fourth-order valence-electron chi connectivity index (χ4n) is 4.03. The molecule has 3 aromatic rings. The highest BCUT2D eigenvalue weighted by atomic mass is 32.1. The average molecular weight is 498 g/mol. The predicted molar refractivity (Wildman–Crippen MR) is 142 cm³/mol. The number of thiol groups is 1. The van der Waals surface area contributed by atoms with Crippen molar-refractivity contribution in [3.8, 4) is 17.0 Å². The van der Waals surface area contributed by atoms with Crippen molar-refractivity contribution in [2.45, 2.75) is 64.8 Å². The third-order valence-electron chi connectivity index (χ3n) is 6.44. The highest BCUT2D eigenvalue weighted by Gasteiger charge is 2.23. The molecule has 0 aliphatic carbocycles. The van der Waals surface area contributed by atoms with Crippen molar-refractivity contribution in [1.82, 2.24) is 14.9 Å². The molecule has 188 valence electrons. The van der Waals surface area contributed by atoms with Crippen molar-refractivity contribution >= 4 is 18.5 Å². The van der Waals surface area contributed by atoms with Gasteiger partial charge in [0, 0.05) is 17.5 Å². The lowest BCUT2D eigenvalue weighted by Gasteiger charge is -2.18. The highest BCUT2D eigenvalue weighted by Crippen LogP contribution is 2.28. The van der Waals surface area contributed by atoms with Crippen LogP contribution in [-0.4, -0.2) is 27.8 Å². The number of amides is 1. The first kappa shape index (κ1) is 26.8. The van der Waals surface area contributed by atoms with Crippen LogP contribution in [0.3, 0.4) is 0 Å². The topological polar surface area (TPSA) is 56.1 Å². The summed E-state index contributed by atoms with van der Waals surface area (Å²) in [7, 11) is 1.57. The summed E-state index contributed by atoms with van der Waals surface area (Å²) in [6, 6.07) is 15.0. The number of unbranched alkanes of at least 4 members (excludes halogenated alkanes) is 1. The molecule has 3 rings (SSSR count). The van der Waals surface area contributed by atoms with Gasteiger partial charge in [-0.15, -0.1) is 0 Å². The maximum atomic E-state index is 15.7. The molecule has 0 radical (unpaired) electrons. The smallest absolute Gasteiger partial charge is 0.236 e. The van der Waals surface area contributed by atoms with Crippen LogP contribution in [-0.2, 0) is 24.3 Å². The van der Waals surface area contributed by atoms with E-state index in [2.05, 4.69) is 24.9 Å². The Hall–Kier alpha value is -2.80. The van der Waals surface area contributed by atoms with Crippen LogP contribution in [0.2, 0.25) is 0 Å². The summed E-state index contributed by atoms with van der Waals surface area (Å²) in [5.41, 5.74) is 2.68. The highest BCUT2D eigenvalue weighted by molar-refractivity contribution is 7.81. The van der Waals surface area contributed by atoms with Crippen molar-refractivity contribution in [3.05, 3.63) is 71.4 Å². The minimum Gasteiger partial charge on any atom is -0.480 e. The molecule has 0 saturated carbocycles. The summed E-state index contributed by atoms with van der Waals surface area (Å²) < 4.78 is 23.2. The molecule has 35 heavy (non-hydrogen) atoms. The van der Waals surface area contributed by atoms with Gasteiger partial charge in [0.2, 0.25) is 11.8 Å². The Balaban J connectivity index is 1.96. The van der Waals surface area contributed by atoms with Gasteiger partial charge in [0.25, 0.3) is 0 Å². The number of nitrogens with zero attached hydrogens (tertiary/aromatic N) is 2. The molecule has 0 spiro atoms. The van der Waals surface area contributed by atoms with Gasteiger partial charge >= 0.3 is 0 Å². The molecule has 1 aromatic heterocycles. The Morgan fingerprint density at radius 2 is 1.91 bits per heavy atom. The molecular weight excluding hydrogens is 461 g/mol. The van der Waals surface area contributed by atoms with Gasteiger partial charge in [-0.2, -0.15) is 17.6 Å². The first-order valence-corrected chi connectivity index (χ1v) is 12.8. The quantitative estimate of drug-likeness (QED) is 0.300. The van der Waals surface area contributed by atoms with E-state index in [1.807, 2.05) is 54.8 Å². The first-order chi connectivity index (χ1) is 16.9. The van der Waals surface area contributed by atoms with Crippen molar-refractivity contribution in [3.63, 3.8) is 0 Å². The third kappa shape index (κ3) is 6.45. The zero-order valence-corrected chi connectivity index (χ0v) is 21.9. The number of ether oxygens (including phenoxy) is 1. The number of carbonyl (C=O) groups excluding carboxylic acids is 1. The molecule has 0 bridgehead atoms. The fourth-order valence-corrected chi connectivity index (χ4v) is 4.33. The van der Waals surface area contributed by atoms with E-state index in [4.69, 9.17) is 9.72 Å². The normalized spacial score (nSPS) is 12.9. The molecule has 0 aliphatic rings. The van der Waals surface area contributed by atoms with Gasteiger partial charge in [-0.1, -0.05) is 82.1 Å². The summed E-state index contributed by atoms with van der Waals surface area (Å²) in [5.74, 6) is 1.04. The van der Waals surface area contributed by atoms with Crippen molar-refractivity contribution in [1.29, 1.82) is 0 Å². The van der Waals surface area contributed by atoms with E-state index < -0.39 is 5.25 Å². The van der Waals surface area contributed by atoms with Crippen LogP contribution in [0.4, 0.5) is 4.39 Å². The number of carbonyl (C=O) groups is 1. The largest absolute Gasteiger partial charge is 0.480 e. The Morgan fingerprint density at radius 3 is 2.57 bits per heavy atom. The van der Waals surface area contributed by atoms with Gasteiger partial charge < -0.3 is 14.6 Å². The lowest BCUT2D eigenvalue weighted by atomic mass is 10.0. The van der Waals surface area contributed by atoms with Crippen molar-refractivity contribution in [2.24, 2.45) is 5.92 Å². The molecule has 1 amide bonds. The standard InChI is InChI=1S/C28H36FN3O2S/c1-5-7-16-24-31-28(34-4)23(17-30-27(33)26(35)19(3)6-2)32(24)18-21-14-11-15-22(25(21)29)20-12-9-8-10-13-20/h8-15,19,26,35H,5-7,16-18H2,1-4H3,(H,30,33)/t19-,26-/m0/s1. The maximum absolute atomic E-state index is 15.7. The van der Waals surface area contributed by atoms with E-state index >= 15 is 4.39 Å². The molecule has 2 aromatic carbocycles. The predicted octanol–water partition coefficient (Wildman–Crippen LogP) is 6.05. The van der Waals surface area contributed by atoms with Crippen LogP contribution in [0.25, 0.3) is 11.1 Å². The van der Waals surface area contributed by atoms with Gasteiger partial charge in [0.1, 0.15) is 17.3 Å². The molecule has 0 aliphatic heterocycles. The Labute approximate surface area is 213 Å². The lowest BCUT2D eigenvalue weighted by molar-refractivity contribution is -0.121. The second-order valence-corrected chi connectivity index (χ2v) is 9.42. The van der Waals surface area contributed by atoms with E-state index in [1.165, 1.54) is 0 Å². The zero-order chi connectivity index (χ0) is 25.4. The summed E-state index contributed by atoms with van der Waals surface area (Å²) in [5, 5.41) is 2.59. The van der Waals surface area contributed by atoms with Crippen LogP contribution in [0.15, 0.2) is 48.5 Å². The number of halogens is 1. The molecular formula is C28H36FN3O2S. The number of nitrogens with one attached hydrogen (secondary N) is 1. The van der Waals surface area contributed by atoms with Crippen LogP contribution >= 0.6 is 12.6 Å². The molecule has 1 N–H and O–H groups in total. The fraction of sp³-hybridized carbons (Fsp3) is 0.429. The second-order valence-electron chi connectivity index (χ2n) is 8.87. The van der Waals surface area contributed by atoms with E-state index in [0.717, 1.165) is 42.8 Å². The van der Waals surface area contributed by atoms with E-state index in [1.54, 1.807) is 19.2 Å². The second kappa shape index (κ2) is 12.8. The van der Waals surface area contributed by atoms with Gasteiger partial charge in [0.15, 0.2) is 0 Å². The number of benzene rings is 2. The number of rotatable bonds is 12. The lowest BCUT2D eigenvalue weighted by Crippen LogP contribution is -2.35. The van der Waals surface area contributed by atoms with E-state index in [0.29, 0.717) is 23.6 Å². The number of aromatic nitrogens is 2.